The van der Waals surface area contributed by atoms with Crippen LogP contribution >= 0.6 is 0 Å². The van der Waals surface area contributed by atoms with Crippen molar-refractivity contribution < 1.29 is 22.1 Å². The zero-order chi connectivity index (χ0) is 18.9. The molecule has 6 nitrogen and oxygen atoms in total. The number of nitro benzene ring substituents is 1. The molecule has 0 radical (unpaired) electrons. The molecule has 0 saturated carbocycles. The van der Waals surface area contributed by atoms with E-state index in [1.807, 2.05) is 0 Å². The van der Waals surface area contributed by atoms with Crippen LogP contribution in [0.1, 0.15) is 18.5 Å². The van der Waals surface area contributed by atoms with Crippen molar-refractivity contribution in [2.45, 2.75) is 17.9 Å². The maximum Gasteiger partial charge on any atom is 0.288 e. The molecule has 1 unspecified atom stereocenters. The molecular weight excluding hydrogens is 354 g/mol. The van der Waals surface area contributed by atoms with Gasteiger partial charge >= 0.3 is 0 Å². The molecule has 0 saturated heterocycles. The molecule has 0 bridgehead atoms. The lowest BCUT2D eigenvalue weighted by Gasteiger charge is -2.28. The summed E-state index contributed by atoms with van der Waals surface area (Å²) in [6, 6.07) is 6.02. The van der Waals surface area contributed by atoms with Gasteiger partial charge in [0.2, 0.25) is 0 Å². The van der Waals surface area contributed by atoms with Crippen LogP contribution in [0.25, 0.3) is 0 Å². The van der Waals surface area contributed by atoms with Crippen molar-refractivity contribution in [1.29, 1.82) is 0 Å². The number of benzene rings is 2. The Balaban J connectivity index is 2.51. The van der Waals surface area contributed by atoms with Crippen LogP contribution in [-0.2, 0) is 9.84 Å². The number of rotatable bonds is 5. The van der Waals surface area contributed by atoms with Crippen LogP contribution in [0.2, 0.25) is 0 Å². The summed E-state index contributed by atoms with van der Waals surface area (Å²) in [4.78, 5) is 11.3. The lowest BCUT2D eigenvalue weighted by atomic mass is 10.1. The zero-order valence-corrected chi connectivity index (χ0v) is 14.5. The topological polar surface area (TPSA) is 80.5 Å². The zero-order valence-electron chi connectivity index (χ0n) is 13.7. The molecule has 2 rings (SSSR count). The third-order valence-corrected chi connectivity index (χ3v) is 5.06. The minimum Gasteiger partial charge on any atom is -0.368 e. The van der Waals surface area contributed by atoms with Gasteiger partial charge in [-0.2, -0.15) is 0 Å². The van der Waals surface area contributed by atoms with Crippen molar-refractivity contribution in [3.63, 3.8) is 0 Å². The molecular formula is C16H16F2N2O4S. The molecule has 0 heterocycles. The summed E-state index contributed by atoms with van der Waals surface area (Å²) >= 11 is 0. The fourth-order valence-corrected chi connectivity index (χ4v) is 3.29. The van der Waals surface area contributed by atoms with E-state index in [-0.39, 0.29) is 5.56 Å². The predicted molar refractivity (Wildman–Crippen MR) is 89.4 cm³/mol. The van der Waals surface area contributed by atoms with Crippen molar-refractivity contribution >= 4 is 21.2 Å². The van der Waals surface area contributed by atoms with Crippen LogP contribution in [0.15, 0.2) is 41.3 Å². The highest BCUT2D eigenvalue weighted by atomic mass is 32.2. The third-order valence-electron chi connectivity index (χ3n) is 3.94. The standard InChI is InChI=1S/C16H16F2N2O4S/c1-10(13-8-11(17)4-6-14(13)18)19(2)12-5-7-15(20(21)22)16(9-12)25(3,23)24/h4-10H,1-3H3. The van der Waals surface area contributed by atoms with Gasteiger partial charge in [-0.15, -0.1) is 0 Å². The summed E-state index contributed by atoms with van der Waals surface area (Å²) in [5, 5.41) is 11.0. The number of nitro groups is 1. The molecule has 134 valence electrons. The summed E-state index contributed by atoms with van der Waals surface area (Å²) < 4.78 is 51.0. The van der Waals surface area contributed by atoms with E-state index in [1.54, 1.807) is 14.0 Å². The monoisotopic (exact) mass is 370 g/mol. The summed E-state index contributed by atoms with van der Waals surface area (Å²) in [6.45, 7) is 1.61. The average Bonchev–Trinajstić information content (AvgIpc) is 2.54. The van der Waals surface area contributed by atoms with Crippen LogP contribution in [0.3, 0.4) is 0 Å². The third kappa shape index (κ3) is 3.93. The number of anilines is 1. The van der Waals surface area contributed by atoms with Gasteiger partial charge in [0, 0.05) is 30.6 Å². The quantitative estimate of drug-likeness (QED) is 0.595. The maximum atomic E-state index is 14.0. The van der Waals surface area contributed by atoms with E-state index in [4.69, 9.17) is 0 Å². The number of hydrogen-bond donors (Lipinski definition) is 0. The van der Waals surface area contributed by atoms with Gasteiger partial charge in [-0.05, 0) is 37.3 Å². The van der Waals surface area contributed by atoms with Gasteiger partial charge in [0.05, 0.1) is 11.0 Å². The SMILES string of the molecule is CC(c1cc(F)ccc1F)N(C)c1ccc([N+](=O)[O-])c(S(C)(=O)=O)c1. The summed E-state index contributed by atoms with van der Waals surface area (Å²) in [5.74, 6) is -1.21. The van der Waals surface area contributed by atoms with Gasteiger partial charge in [0.15, 0.2) is 9.84 Å². The van der Waals surface area contributed by atoms with Gasteiger partial charge in [-0.1, -0.05) is 0 Å². The van der Waals surface area contributed by atoms with E-state index in [0.29, 0.717) is 5.69 Å². The van der Waals surface area contributed by atoms with Crippen LogP contribution in [-0.4, -0.2) is 26.6 Å². The number of halogens is 2. The van der Waals surface area contributed by atoms with Crippen molar-refractivity contribution in [1.82, 2.24) is 0 Å². The fourth-order valence-electron chi connectivity index (χ4n) is 2.44. The first-order chi connectivity index (χ1) is 11.5. The van der Waals surface area contributed by atoms with Gasteiger partial charge < -0.3 is 4.90 Å². The Morgan fingerprint density at radius 1 is 1.16 bits per heavy atom. The number of nitrogens with zero attached hydrogens (tertiary/aromatic N) is 2. The molecule has 1 atom stereocenters. The van der Waals surface area contributed by atoms with Crippen LogP contribution in [0, 0.1) is 21.7 Å². The Bertz CT molecular complexity index is 932. The molecule has 2 aromatic carbocycles. The van der Waals surface area contributed by atoms with Gasteiger partial charge in [0.1, 0.15) is 16.5 Å². The van der Waals surface area contributed by atoms with Crippen LogP contribution in [0.5, 0.6) is 0 Å². The fraction of sp³-hybridized carbons (Fsp3) is 0.250. The lowest BCUT2D eigenvalue weighted by Crippen LogP contribution is -2.23. The van der Waals surface area contributed by atoms with E-state index >= 15 is 0 Å². The molecule has 0 aromatic heterocycles. The highest BCUT2D eigenvalue weighted by Crippen LogP contribution is 2.32. The Morgan fingerprint density at radius 2 is 1.80 bits per heavy atom. The molecule has 9 heteroatoms. The van der Waals surface area contributed by atoms with Gasteiger partial charge in [-0.3, -0.25) is 10.1 Å². The average molecular weight is 370 g/mol. The molecule has 0 aliphatic carbocycles. The van der Waals surface area contributed by atoms with E-state index in [0.717, 1.165) is 36.6 Å². The van der Waals surface area contributed by atoms with Gasteiger partial charge in [0.25, 0.3) is 5.69 Å². The number of hydrogen-bond acceptors (Lipinski definition) is 5. The first-order valence-electron chi connectivity index (χ1n) is 7.18. The molecule has 0 spiro atoms. The molecule has 0 amide bonds. The Kier molecular flexibility index (Phi) is 5.07. The molecule has 0 N–H and O–H groups in total. The van der Waals surface area contributed by atoms with Crippen LogP contribution in [0.4, 0.5) is 20.2 Å². The smallest absolute Gasteiger partial charge is 0.288 e. The van der Waals surface area contributed by atoms with Crippen molar-refractivity contribution in [2.24, 2.45) is 0 Å². The minimum atomic E-state index is -3.84. The Hall–Kier alpha value is -2.55. The van der Waals surface area contributed by atoms with Crippen molar-refractivity contribution in [3.8, 4) is 0 Å². The molecule has 25 heavy (non-hydrogen) atoms. The first kappa shape index (κ1) is 18.8. The van der Waals surface area contributed by atoms with E-state index < -0.39 is 43.0 Å². The van der Waals surface area contributed by atoms with E-state index in [9.17, 15) is 27.3 Å². The van der Waals surface area contributed by atoms with Crippen molar-refractivity contribution in [3.05, 3.63) is 63.7 Å². The van der Waals surface area contributed by atoms with Gasteiger partial charge in [-0.25, -0.2) is 17.2 Å². The Labute approximate surface area is 143 Å². The molecule has 0 aliphatic heterocycles. The highest BCUT2D eigenvalue weighted by molar-refractivity contribution is 7.90. The normalized spacial score (nSPS) is 12.7. The Morgan fingerprint density at radius 3 is 2.36 bits per heavy atom. The lowest BCUT2D eigenvalue weighted by molar-refractivity contribution is -0.387. The maximum absolute atomic E-state index is 14.0. The van der Waals surface area contributed by atoms with E-state index in [1.165, 1.54) is 11.0 Å². The second-order valence-corrected chi connectivity index (χ2v) is 7.62. The minimum absolute atomic E-state index is 0.0850. The molecule has 0 fully saturated rings. The molecule has 0 aliphatic rings. The van der Waals surface area contributed by atoms with Crippen molar-refractivity contribution in [2.75, 3.05) is 18.2 Å². The number of sulfone groups is 1. The summed E-state index contributed by atoms with van der Waals surface area (Å²) in [5.41, 5.74) is -0.131. The molecule has 2 aromatic rings. The van der Waals surface area contributed by atoms with E-state index in [2.05, 4.69) is 0 Å². The largest absolute Gasteiger partial charge is 0.368 e. The second-order valence-electron chi connectivity index (χ2n) is 5.63. The predicted octanol–water partition coefficient (Wildman–Crippen LogP) is 3.47. The summed E-state index contributed by atoms with van der Waals surface area (Å²) in [7, 11) is -2.28. The first-order valence-corrected chi connectivity index (χ1v) is 9.07. The highest BCUT2D eigenvalue weighted by Gasteiger charge is 2.25. The summed E-state index contributed by atoms with van der Waals surface area (Å²) in [6.07, 6.45) is 0.870. The second kappa shape index (κ2) is 6.75. The van der Waals surface area contributed by atoms with Crippen LogP contribution < -0.4 is 4.90 Å².